The lowest BCUT2D eigenvalue weighted by molar-refractivity contribution is -0.00810. The Morgan fingerprint density at radius 3 is 2.89 bits per heavy atom. The molecule has 7 nitrogen and oxygen atoms in total. The van der Waals surface area contributed by atoms with Crippen LogP contribution in [0.5, 0.6) is 0 Å². The lowest BCUT2D eigenvalue weighted by Gasteiger charge is -2.36. The van der Waals surface area contributed by atoms with E-state index in [-0.39, 0.29) is 30.1 Å². The van der Waals surface area contributed by atoms with Crippen LogP contribution in [-0.2, 0) is 11.8 Å². The molecule has 1 N–H and O–H groups in total. The van der Waals surface area contributed by atoms with Crippen LogP contribution in [0.3, 0.4) is 0 Å². The number of guanidine groups is 1. The minimum atomic E-state index is 0. The summed E-state index contributed by atoms with van der Waals surface area (Å²) in [5.41, 5.74) is 1.14. The molecule has 27 heavy (non-hydrogen) atoms. The van der Waals surface area contributed by atoms with Crippen molar-refractivity contribution in [3.63, 3.8) is 0 Å². The molecule has 0 amide bonds. The second-order valence-corrected chi connectivity index (χ2v) is 7.23. The number of piperidine rings is 1. The Morgan fingerprint density at radius 2 is 2.19 bits per heavy atom. The Labute approximate surface area is 180 Å². The van der Waals surface area contributed by atoms with Gasteiger partial charge in [-0.05, 0) is 32.9 Å². The minimum absolute atomic E-state index is 0. The summed E-state index contributed by atoms with van der Waals surface area (Å²) >= 11 is 0. The Hall–Kier alpha value is -0.870. The van der Waals surface area contributed by atoms with Crippen LogP contribution < -0.4 is 5.32 Å². The van der Waals surface area contributed by atoms with Crippen LogP contribution in [0.4, 0.5) is 0 Å². The third-order valence-corrected chi connectivity index (χ3v) is 5.40. The minimum Gasteiger partial charge on any atom is -0.370 e. The zero-order valence-corrected chi connectivity index (χ0v) is 19.3. The number of morpholine rings is 1. The van der Waals surface area contributed by atoms with E-state index in [1.54, 1.807) is 0 Å². The van der Waals surface area contributed by atoms with Crippen molar-refractivity contribution in [3.8, 4) is 0 Å². The fourth-order valence-corrected chi connectivity index (χ4v) is 3.95. The molecule has 2 atom stereocenters. The third-order valence-electron chi connectivity index (χ3n) is 5.40. The van der Waals surface area contributed by atoms with Crippen LogP contribution in [0.25, 0.3) is 0 Å². The van der Waals surface area contributed by atoms with Gasteiger partial charge in [0.05, 0.1) is 25.9 Å². The normalized spacial score (nSPS) is 24.6. The van der Waals surface area contributed by atoms with E-state index in [1.807, 2.05) is 24.1 Å². The second-order valence-electron chi connectivity index (χ2n) is 7.23. The molecule has 3 rings (SSSR count). The Balaban J connectivity index is 0.00000261. The molecule has 1 aromatic rings. The predicted octanol–water partition coefficient (Wildman–Crippen LogP) is 2.25. The van der Waals surface area contributed by atoms with Crippen molar-refractivity contribution in [2.24, 2.45) is 12.0 Å². The molecule has 154 valence electrons. The van der Waals surface area contributed by atoms with Gasteiger partial charge in [0.1, 0.15) is 6.10 Å². The van der Waals surface area contributed by atoms with Gasteiger partial charge in [0.15, 0.2) is 5.96 Å². The predicted molar refractivity (Wildman–Crippen MR) is 120 cm³/mol. The summed E-state index contributed by atoms with van der Waals surface area (Å²) in [4.78, 5) is 9.92. The van der Waals surface area contributed by atoms with E-state index in [4.69, 9.17) is 9.73 Å². The first-order valence-electron chi connectivity index (χ1n) is 10.1. The average molecular weight is 490 g/mol. The number of hydrogen-bond donors (Lipinski definition) is 1. The molecule has 0 aliphatic carbocycles. The lowest BCUT2D eigenvalue weighted by atomic mass is 10.0. The van der Waals surface area contributed by atoms with Crippen molar-refractivity contribution in [1.82, 2.24) is 24.9 Å². The highest BCUT2D eigenvalue weighted by Crippen LogP contribution is 2.22. The maximum absolute atomic E-state index is 5.98. The first kappa shape index (κ1) is 22.4. The van der Waals surface area contributed by atoms with Gasteiger partial charge in [-0.1, -0.05) is 13.3 Å². The quantitative estimate of drug-likeness (QED) is 0.390. The number of rotatable bonds is 5. The largest absolute Gasteiger partial charge is 0.370 e. The third kappa shape index (κ3) is 6.05. The van der Waals surface area contributed by atoms with Gasteiger partial charge < -0.3 is 15.0 Å². The van der Waals surface area contributed by atoms with E-state index in [0.717, 1.165) is 44.2 Å². The summed E-state index contributed by atoms with van der Waals surface area (Å²) in [5, 5.41) is 7.76. The first-order valence-corrected chi connectivity index (χ1v) is 10.1. The van der Waals surface area contributed by atoms with Crippen molar-refractivity contribution in [2.75, 3.05) is 45.9 Å². The molecule has 2 saturated heterocycles. The summed E-state index contributed by atoms with van der Waals surface area (Å²) in [6, 6.07) is 0.581. The van der Waals surface area contributed by atoms with Crippen LogP contribution in [0.15, 0.2) is 17.4 Å². The van der Waals surface area contributed by atoms with Gasteiger partial charge >= 0.3 is 0 Å². The summed E-state index contributed by atoms with van der Waals surface area (Å²) < 4.78 is 7.81. The molecular formula is C19H35IN6O. The van der Waals surface area contributed by atoms with Crippen molar-refractivity contribution in [2.45, 2.75) is 45.3 Å². The molecule has 1 aromatic heterocycles. The van der Waals surface area contributed by atoms with Crippen LogP contribution in [-0.4, -0.2) is 77.5 Å². The molecule has 0 saturated carbocycles. The Kier molecular flexibility index (Phi) is 9.31. The molecule has 0 radical (unpaired) electrons. The van der Waals surface area contributed by atoms with Crippen molar-refractivity contribution < 1.29 is 4.74 Å². The Bertz CT molecular complexity index is 593. The molecular weight excluding hydrogens is 455 g/mol. The number of aryl methyl sites for hydroxylation is 1. The van der Waals surface area contributed by atoms with E-state index in [9.17, 15) is 0 Å². The SMILES string of the molecule is CCNC(=NCC1CCCCN1CC)N1CCOC(c2cnn(C)c2)C1.I. The number of aliphatic imine (C=N–C) groups is 1. The van der Waals surface area contributed by atoms with E-state index in [1.165, 1.54) is 25.8 Å². The smallest absolute Gasteiger partial charge is 0.194 e. The average Bonchev–Trinajstić information content (AvgIpc) is 3.12. The van der Waals surface area contributed by atoms with Gasteiger partial charge in [0, 0.05) is 37.9 Å². The molecule has 2 fully saturated rings. The van der Waals surface area contributed by atoms with E-state index in [0.29, 0.717) is 12.6 Å². The van der Waals surface area contributed by atoms with Gasteiger partial charge in [-0.25, -0.2) is 0 Å². The van der Waals surface area contributed by atoms with E-state index >= 15 is 0 Å². The maximum atomic E-state index is 5.98. The summed E-state index contributed by atoms with van der Waals surface area (Å²) in [7, 11) is 1.94. The fraction of sp³-hybridized carbons (Fsp3) is 0.789. The summed E-state index contributed by atoms with van der Waals surface area (Å²) in [6.45, 7) is 10.9. The van der Waals surface area contributed by atoms with Crippen LogP contribution in [0.2, 0.25) is 0 Å². The number of nitrogens with zero attached hydrogens (tertiary/aromatic N) is 5. The number of nitrogens with one attached hydrogen (secondary N) is 1. The van der Waals surface area contributed by atoms with Gasteiger partial charge in [-0.2, -0.15) is 5.10 Å². The van der Waals surface area contributed by atoms with Gasteiger partial charge in [0.2, 0.25) is 0 Å². The monoisotopic (exact) mass is 490 g/mol. The summed E-state index contributed by atoms with van der Waals surface area (Å²) in [5.74, 6) is 1.02. The standard InChI is InChI=1S/C19H34N6O.HI/c1-4-20-19(21-13-17-8-6-7-9-24(17)5-2)25-10-11-26-18(15-25)16-12-22-23(3)14-16;/h12,14,17-18H,4-11,13,15H2,1-3H3,(H,20,21);1H. The number of halogens is 1. The highest BCUT2D eigenvalue weighted by Gasteiger charge is 2.26. The van der Waals surface area contributed by atoms with Gasteiger partial charge in [0.25, 0.3) is 0 Å². The van der Waals surface area contributed by atoms with Crippen LogP contribution in [0.1, 0.15) is 44.8 Å². The molecule has 0 aromatic carbocycles. The van der Waals surface area contributed by atoms with Crippen molar-refractivity contribution in [3.05, 3.63) is 18.0 Å². The van der Waals surface area contributed by atoms with Gasteiger partial charge in [-0.15, -0.1) is 24.0 Å². The highest BCUT2D eigenvalue weighted by atomic mass is 127. The molecule has 0 bridgehead atoms. The molecule has 2 aliphatic heterocycles. The first-order chi connectivity index (χ1) is 12.7. The van der Waals surface area contributed by atoms with Gasteiger partial charge in [-0.3, -0.25) is 14.6 Å². The maximum Gasteiger partial charge on any atom is 0.194 e. The van der Waals surface area contributed by atoms with Crippen molar-refractivity contribution in [1.29, 1.82) is 0 Å². The van der Waals surface area contributed by atoms with E-state index in [2.05, 4.69) is 34.1 Å². The second kappa shape index (κ2) is 11.2. The topological polar surface area (TPSA) is 57.9 Å². The number of aromatic nitrogens is 2. The molecule has 2 unspecified atom stereocenters. The fourth-order valence-electron chi connectivity index (χ4n) is 3.95. The van der Waals surface area contributed by atoms with Crippen LogP contribution >= 0.6 is 24.0 Å². The molecule has 0 spiro atoms. The zero-order chi connectivity index (χ0) is 18.4. The summed E-state index contributed by atoms with van der Waals surface area (Å²) in [6.07, 6.45) is 7.91. The number of hydrogen-bond acceptors (Lipinski definition) is 4. The lowest BCUT2D eigenvalue weighted by Crippen LogP contribution is -2.49. The Morgan fingerprint density at radius 1 is 1.33 bits per heavy atom. The van der Waals surface area contributed by atoms with E-state index < -0.39 is 0 Å². The zero-order valence-electron chi connectivity index (χ0n) is 16.9. The number of likely N-dealkylation sites (N-methyl/N-ethyl adjacent to an activating group) is 1. The molecule has 2 aliphatic rings. The highest BCUT2D eigenvalue weighted by molar-refractivity contribution is 14.0. The molecule has 8 heteroatoms. The number of likely N-dealkylation sites (tertiary alicyclic amines) is 1. The van der Waals surface area contributed by atoms with Crippen molar-refractivity contribution >= 4 is 29.9 Å². The number of ether oxygens (including phenoxy) is 1. The molecule has 3 heterocycles. The van der Waals surface area contributed by atoms with Crippen LogP contribution in [0, 0.1) is 0 Å².